The van der Waals surface area contributed by atoms with Crippen molar-refractivity contribution in [2.24, 2.45) is 5.73 Å². The molecule has 2 N–H and O–H groups in total. The summed E-state index contributed by atoms with van der Waals surface area (Å²) < 4.78 is 4.85. The Bertz CT molecular complexity index is 259. The summed E-state index contributed by atoms with van der Waals surface area (Å²) in [5.41, 5.74) is 6.40. The number of ketones is 1. The van der Waals surface area contributed by atoms with Gasteiger partial charge in [-0.1, -0.05) is 0 Å². The SMILES string of the molecule is COCC(N)CC(=O)c1ccsc1. The van der Waals surface area contributed by atoms with Crippen molar-refractivity contribution in [1.82, 2.24) is 0 Å². The number of Topliss-reactive ketones (excluding diaryl/α,β-unsaturated/α-hetero) is 1. The molecule has 72 valence electrons. The molecular weight excluding hydrogens is 186 g/mol. The molecule has 0 bridgehead atoms. The molecule has 0 radical (unpaired) electrons. The highest BCUT2D eigenvalue weighted by Gasteiger charge is 2.11. The molecule has 0 aromatic carbocycles. The van der Waals surface area contributed by atoms with E-state index in [2.05, 4.69) is 0 Å². The van der Waals surface area contributed by atoms with Crippen molar-refractivity contribution in [3.63, 3.8) is 0 Å². The summed E-state index contributed by atoms with van der Waals surface area (Å²) in [6.45, 7) is 0.426. The maximum absolute atomic E-state index is 11.5. The molecule has 4 heteroatoms. The highest BCUT2D eigenvalue weighted by Crippen LogP contribution is 2.09. The number of carbonyl (C=O) groups is 1. The first-order chi connectivity index (χ1) is 6.24. The molecule has 0 aliphatic rings. The lowest BCUT2D eigenvalue weighted by Crippen LogP contribution is -2.28. The van der Waals surface area contributed by atoms with Crippen LogP contribution in [0.2, 0.25) is 0 Å². The van der Waals surface area contributed by atoms with Crippen molar-refractivity contribution < 1.29 is 9.53 Å². The number of hydrogen-bond acceptors (Lipinski definition) is 4. The third kappa shape index (κ3) is 3.26. The van der Waals surface area contributed by atoms with Crippen LogP contribution < -0.4 is 5.73 Å². The van der Waals surface area contributed by atoms with Crippen LogP contribution in [-0.4, -0.2) is 25.5 Å². The average Bonchev–Trinajstić information content (AvgIpc) is 2.55. The van der Waals surface area contributed by atoms with E-state index in [1.807, 2.05) is 16.8 Å². The minimum atomic E-state index is -0.197. The quantitative estimate of drug-likeness (QED) is 0.727. The molecule has 0 amide bonds. The molecule has 3 nitrogen and oxygen atoms in total. The molecule has 0 fully saturated rings. The van der Waals surface area contributed by atoms with Crippen LogP contribution in [-0.2, 0) is 4.74 Å². The first kappa shape index (κ1) is 10.4. The van der Waals surface area contributed by atoms with Gasteiger partial charge in [-0.25, -0.2) is 0 Å². The summed E-state index contributed by atoms with van der Waals surface area (Å²) in [4.78, 5) is 11.5. The second-order valence-electron chi connectivity index (χ2n) is 2.85. The molecule has 1 atom stereocenters. The van der Waals surface area contributed by atoms with E-state index in [-0.39, 0.29) is 11.8 Å². The molecule has 0 aliphatic heterocycles. The second kappa shape index (κ2) is 5.11. The summed E-state index contributed by atoms with van der Waals surface area (Å²) in [6.07, 6.45) is 0.352. The van der Waals surface area contributed by atoms with Crippen molar-refractivity contribution in [3.8, 4) is 0 Å². The van der Waals surface area contributed by atoms with Gasteiger partial charge in [-0.05, 0) is 11.4 Å². The van der Waals surface area contributed by atoms with Crippen LogP contribution in [0.15, 0.2) is 16.8 Å². The van der Waals surface area contributed by atoms with E-state index in [1.165, 1.54) is 11.3 Å². The van der Waals surface area contributed by atoms with Gasteiger partial charge in [0.05, 0.1) is 6.61 Å². The van der Waals surface area contributed by atoms with Crippen LogP contribution >= 0.6 is 11.3 Å². The van der Waals surface area contributed by atoms with Crippen molar-refractivity contribution in [1.29, 1.82) is 0 Å². The number of nitrogens with two attached hydrogens (primary N) is 1. The van der Waals surface area contributed by atoms with Gasteiger partial charge in [-0.3, -0.25) is 4.79 Å². The minimum Gasteiger partial charge on any atom is -0.383 e. The Morgan fingerprint density at radius 2 is 2.54 bits per heavy atom. The van der Waals surface area contributed by atoms with E-state index in [0.717, 1.165) is 5.56 Å². The zero-order valence-corrected chi connectivity index (χ0v) is 8.34. The van der Waals surface area contributed by atoms with Crippen LogP contribution in [0.25, 0.3) is 0 Å². The van der Waals surface area contributed by atoms with Gasteiger partial charge in [0.2, 0.25) is 0 Å². The lowest BCUT2D eigenvalue weighted by Gasteiger charge is -2.07. The van der Waals surface area contributed by atoms with Gasteiger partial charge in [-0.15, -0.1) is 0 Å². The molecule has 1 heterocycles. The number of ether oxygens (including phenoxy) is 1. The molecular formula is C9H13NO2S. The van der Waals surface area contributed by atoms with Crippen LogP contribution in [0.5, 0.6) is 0 Å². The van der Waals surface area contributed by atoms with Crippen LogP contribution in [0.1, 0.15) is 16.8 Å². The van der Waals surface area contributed by atoms with E-state index in [1.54, 1.807) is 7.11 Å². The van der Waals surface area contributed by atoms with Crippen LogP contribution in [0, 0.1) is 0 Å². The molecule has 13 heavy (non-hydrogen) atoms. The molecule has 0 saturated carbocycles. The Hall–Kier alpha value is -0.710. The Morgan fingerprint density at radius 1 is 1.77 bits per heavy atom. The maximum Gasteiger partial charge on any atom is 0.165 e. The third-order valence-electron chi connectivity index (χ3n) is 1.67. The highest BCUT2D eigenvalue weighted by molar-refractivity contribution is 7.08. The van der Waals surface area contributed by atoms with Gasteiger partial charge in [0, 0.05) is 30.5 Å². The predicted molar refractivity (Wildman–Crippen MR) is 53.1 cm³/mol. The average molecular weight is 199 g/mol. The van der Waals surface area contributed by atoms with Crippen molar-refractivity contribution in [3.05, 3.63) is 22.4 Å². The zero-order valence-electron chi connectivity index (χ0n) is 7.53. The van der Waals surface area contributed by atoms with Gasteiger partial charge >= 0.3 is 0 Å². The van der Waals surface area contributed by atoms with E-state index < -0.39 is 0 Å². The Labute approximate surface area is 81.5 Å². The standard InChI is InChI=1S/C9H13NO2S/c1-12-5-8(10)4-9(11)7-2-3-13-6-7/h2-3,6,8H,4-5,10H2,1H3. The first-order valence-corrected chi connectivity index (χ1v) is 4.98. The van der Waals surface area contributed by atoms with Gasteiger partial charge < -0.3 is 10.5 Å². The molecule has 1 aromatic heterocycles. The fourth-order valence-corrected chi connectivity index (χ4v) is 1.71. The number of rotatable bonds is 5. The Balaban J connectivity index is 2.42. The number of hydrogen-bond donors (Lipinski definition) is 1. The van der Waals surface area contributed by atoms with E-state index in [4.69, 9.17) is 10.5 Å². The lowest BCUT2D eigenvalue weighted by atomic mass is 10.1. The molecule has 0 spiro atoms. The van der Waals surface area contributed by atoms with E-state index in [0.29, 0.717) is 13.0 Å². The zero-order chi connectivity index (χ0) is 9.68. The third-order valence-corrected chi connectivity index (χ3v) is 2.35. The summed E-state index contributed by atoms with van der Waals surface area (Å²) in [6, 6.07) is 1.62. The Kier molecular flexibility index (Phi) is 4.08. The molecule has 1 unspecified atom stereocenters. The molecule has 0 aliphatic carbocycles. The van der Waals surface area contributed by atoms with Crippen LogP contribution in [0.3, 0.4) is 0 Å². The number of carbonyl (C=O) groups excluding carboxylic acids is 1. The van der Waals surface area contributed by atoms with Gasteiger partial charge in [-0.2, -0.15) is 11.3 Å². The Morgan fingerprint density at radius 3 is 3.08 bits per heavy atom. The van der Waals surface area contributed by atoms with Crippen molar-refractivity contribution in [2.75, 3.05) is 13.7 Å². The van der Waals surface area contributed by atoms with Crippen molar-refractivity contribution in [2.45, 2.75) is 12.5 Å². The molecule has 0 saturated heterocycles. The van der Waals surface area contributed by atoms with E-state index in [9.17, 15) is 4.79 Å². The first-order valence-electron chi connectivity index (χ1n) is 4.04. The fourth-order valence-electron chi connectivity index (χ4n) is 1.05. The predicted octanol–water partition coefficient (Wildman–Crippen LogP) is 1.29. The topological polar surface area (TPSA) is 52.3 Å². The van der Waals surface area contributed by atoms with Gasteiger partial charge in [0.25, 0.3) is 0 Å². The second-order valence-corrected chi connectivity index (χ2v) is 3.63. The summed E-state index contributed by atoms with van der Waals surface area (Å²) in [5, 5.41) is 3.72. The van der Waals surface area contributed by atoms with Gasteiger partial charge in [0.15, 0.2) is 5.78 Å². The van der Waals surface area contributed by atoms with E-state index >= 15 is 0 Å². The summed E-state index contributed by atoms with van der Waals surface area (Å²) >= 11 is 1.52. The highest BCUT2D eigenvalue weighted by atomic mass is 32.1. The smallest absolute Gasteiger partial charge is 0.165 e. The molecule has 1 rings (SSSR count). The lowest BCUT2D eigenvalue weighted by molar-refractivity contribution is 0.0950. The van der Waals surface area contributed by atoms with Gasteiger partial charge in [0.1, 0.15) is 0 Å². The monoisotopic (exact) mass is 199 g/mol. The fraction of sp³-hybridized carbons (Fsp3) is 0.444. The van der Waals surface area contributed by atoms with Crippen molar-refractivity contribution >= 4 is 17.1 Å². The maximum atomic E-state index is 11.5. The normalized spacial score (nSPS) is 12.8. The summed E-state index contributed by atoms with van der Waals surface area (Å²) in [5.74, 6) is 0.0887. The number of methoxy groups -OCH3 is 1. The summed E-state index contributed by atoms with van der Waals surface area (Å²) in [7, 11) is 1.58. The molecule has 1 aromatic rings. The number of thiophene rings is 1. The largest absolute Gasteiger partial charge is 0.383 e. The van der Waals surface area contributed by atoms with Crippen LogP contribution in [0.4, 0.5) is 0 Å². The minimum absolute atomic E-state index is 0.0887.